The Hall–Kier alpha value is -1.89. The van der Waals surface area contributed by atoms with Crippen molar-refractivity contribution in [2.75, 3.05) is 4.43 Å². The van der Waals surface area contributed by atoms with Crippen molar-refractivity contribution >= 4 is 33.8 Å². The Morgan fingerprint density at radius 3 is 3.09 bits per heavy atom. The number of alkyl halides is 1. The van der Waals surface area contributed by atoms with Crippen LogP contribution in [0.4, 0.5) is 0 Å². The summed E-state index contributed by atoms with van der Waals surface area (Å²) >= 11 is 1.95. The number of aromatic amines is 2. The summed E-state index contributed by atoms with van der Waals surface area (Å²) in [6, 6.07) is 0. The van der Waals surface area contributed by atoms with Crippen molar-refractivity contribution in [1.29, 1.82) is 0 Å². The molecule has 2 aromatic rings. The average Bonchev–Trinajstić information content (AvgIpc) is 3.02. The first-order valence-corrected chi connectivity index (χ1v) is 7.70. The molecule has 3 atom stereocenters. The third kappa shape index (κ3) is 2.20. The molecule has 0 aromatic carbocycles. The van der Waals surface area contributed by atoms with Crippen LogP contribution in [0.15, 0.2) is 21.0 Å². The van der Waals surface area contributed by atoms with Crippen molar-refractivity contribution < 1.29 is 9.84 Å². The number of aliphatic hydroxyl groups excluding tert-OH is 1. The van der Waals surface area contributed by atoms with Crippen LogP contribution in [0.3, 0.4) is 0 Å². The average molecular weight is 419 g/mol. The Morgan fingerprint density at radius 1 is 1.64 bits per heavy atom. The summed E-state index contributed by atoms with van der Waals surface area (Å²) in [6.45, 7) is 0. The second kappa shape index (κ2) is 5.39. The number of ether oxygens (including phenoxy) is 1. The molecular formula is C10H10IN7O4. The summed E-state index contributed by atoms with van der Waals surface area (Å²) in [4.78, 5) is 34.3. The molecule has 0 radical (unpaired) electrons. The number of H-pyrrole nitrogens is 2. The van der Waals surface area contributed by atoms with E-state index in [0.29, 0.717) is 0 Å². The van der Waals surface area contributed by atoms with Gasteiger partial charge in [-0.15, -0.1) is 0 Å². The van der Waals surface area contributed by atoms with E-state index in [1.54, 1.807) is 0 Å². The standard InChI is InChI=1S/C10H10IN7O4/c11-2-10(16-17-12)4(19)1-5(22-10)18-3-13-6-7(18)14-9(21)15-8(6)20/h3-5,19H,1-2H2,(H2,14,15,20,21)/t4-,5+,10+/m0/s1. The maximum Gasteiger partial charge on any atom is 0.327 e. The van der Waals surface area contributed by atoms with E-state index in [0.717, 1.165) is 0 Å². The van der Waals surface area contributed by atoms with Gasteiger partial charge >= 0.3 is 5.69 Å². The van der Waals surface area contributed by atoms with Crippen molar-refractivity contribution in [3.05, 3.63) is 37.6 Å². The number of aliphatic hydroxyl groups is 1. The fourth-order valence-electron chi connectivity index (χ4n) is 2.39. The molecule has 2 aromatic heterocycles. The van der Waals surface area contributed by atoms with E-state index in [2.05, 4.69) is 25.0 Å². The Balaban J connectivity index is 2.09. The van der Waals surface area contributed by atoms with Gasteiger partial charge in [-0.25, -0.2) is 9.78 Å². The lowest BCUT2D eigenvalue weighted by molar-refractivity contribution is -0.0795. The highest BCUT2D eigenvalue weighted by molar-refractivity contribution is 14.1. The molecule has 3 rings (SSSR count). The molecule has 0 unspecified atom stereocenters. The first-order chi connectivity index (χ1) is 10.5. The van der Waals surface area contributed by atoms with Crippen LogP contribution in [0.1, 0.15) is 12.6 Å². The van der Waals surface area contributed by atoms with E-state index in [4.69, 9.17) is 10.3 Å². The van der Waals surface area contributed by atoms with Crippen LogP contribution in [0.5, 0.6) is 0 Å². The predicted octanol–water partition coefficient (Wildman–Crippen LogP) is 0.134. The molecule has 0 spiro atoms. The Bertz CT molecular complexity index is 881. The van der Waals surface area contributed by atoms with Crippen LogP contribution in [0, 0.1) is 0 Å². The molecular weight excluding hydrogens is 409 g/mol. The third-order valence-corrected chi connectivity index (χ3v) is 4.56. The number of fused-ring (bicyclic) bond motifs is 1. The number of aromatic nitrogens is 4. The minimum absolute atomic E-state index is 0.0495. The normalized spacial score (nSPS) is 27.9. The second-order valence-electron chi connectivity index (χ2n) is 4.75. The molecule has 1 saturated heterocycles. The molecule has 0 amide bonds. The Labute approximate surface area is 135 Å². The topological polar surface area (TPSA) is 162 Å². The van der Waals surface area contributed by atoms with Gasteiger partial charge in [0.1, 0.15) is 11.9 Å². The first-order valence-electron chi connectivity index (χ1n) is 6.18. The molecule has 3 heterocycles. The molecule has 1 aliphatic rings. The summed E-state index contributed by atoms with van der Waals surface area (Å²) in [5.41, 5.74) is 6.20. The molecule has 3 N–H and O–H groups in total. The zero-order chi connectivity index (χ0) is 15.9. The van der Waals surface area contributed by atoms with Gasteiger partial charge in [-0.05, 0) is 5.53 Å². The molecule has 1 fully saturated rings. The van der Waals surface area contributed by atoms with E-state index < -0.39 is 29.3 Å². The minimum Gasteiger partial charge on any atom is -0.390 e. The summed E-state index contributed by atoms with van der Waals surface area (Å²) in [5.74, 6) is 0. The van der Waals surface area contributed by atoms with E-state index in [1.165, 1.54) is 10.9 Å². The lowest BCUT2D eigenvalue weighted by Gasteiger charge is -2.24. The fraction of sp³-hybridized carbons (Fsp3) is 0.500. The van der Waals surface area contributed by atoms with E-state index >= 15 is 0 Å². The molecule has 0 saturated carbocycles. The molecule has 12 heteroatoms. The van der Waals surface area contributed by atoms with Gasteiger partial charge in [0.25, 0.3) is 5.56 Å². The van der Waals surface area contributed by atoms with Crippen LogP contribution in [-0.2, 0) is 4.74 Å². The third-order valence-electron chi connectivity index (χ3n) is 3.47. The molecule has 1 aliphatic heterocycles. The lowest BCUT2D eigenvalue weighted by Crippen LogP contribution is -2.38. The smallest absolute Gasteiger partial charge is 0.327 e. The van der Waals surface area contributed by atoms with E-state index in [-0.39, 0.29) is 22.0 Å². The van der Waals surface area contributed by atoms with Gasteiger partial charge in [0.2, 0.25) is 0 Å². The van der Waals surface area contributed by atoms with Crippen molar-refractivity contribution in [3.8, 4) is 0 Å². The number of imidazole rings is 1. The zero-order valence-corrected chi connectivity index (χ0v) is 13.1. The number of nitrogens with zero attached hydrogens (tertiary/aromatic N) is 5. The number of rotatable bonds is 3. The Morgan fingerprint density at radius 2 is 2.41 bits per heavy atom. The van der Waals surface area contributed by atoms with Crippen LogP contribution in [0.2, 0.25) is 0 Å². The number of hydrogen-bond donors (Lipinski definition) is 3. The van der Waals surface area contributed by atoms with Crippen LogP contribution < -0.4 is 11.2 Å². The monoisotopic (exact) mass is 419 g/mol. The fourth-order valence-corrected chi connectivity index (χ4v) is 3.23. The van der Waals surface area contributed by atoms with E-state index in [1.807, 2.05) is 22.6 Å². The summed E-state index contributed by atoms with van der Waals surface area (Å²) in [7, 11) is 0. The first kappa shape index (κ1) is 15.0. The summed E-state index contributed by atoms with van der Waals surface area (Å²) in [6.07, 6.45) is -0.288. The van der Waals surface area contributed by atoms with Crippen molar-refractivity contribution in [2.24, 2.45) is 5.11 Å². The maximum absolute atomic E-state index is 11.7. The van der Waals surface area contributed by atoms with Crippen molar-refractivity contribution in [3.63, 3.8) is 0 Å². The number of hydrogen-bond acceptors (Lipinski definition) is 6. The van der Waals surface area contributed by atoms with Crippen LogP contribution in [-0.4, -0.2) is 40.9 Å². The number of halogens is 1. The SMILES string of the molecule is [N-]=[N+]=N[C@]1(CI)O[C@@H](n2cnc3c(=O)[nH]c(=O)[nH]c32)C[C@@H]1O. The molecule has 11 nitrogen and oxygen atoms in total. The zero-order valence-electron chi connectivity index (χ0n) is 10.9. The highest BCUT2D eigenvalue weighted by Gasteiger charge is 2.48. The van der Waals surface area contributed by atoms with Crippen molar-refractivity contribution in [2.45, 2.75) is 24.5 Å². The van der Waals surface area contributed by atoms with Crippen molar-refractivity contribution in [1.82, 2.24) is 19.5 Å². The summed E-state index contributed by atoms with van der Waals surface area (Å²) < 4.78 is 7.37. The quantitative estimate of drug-likeness (QED) is 0.212. The van der Waals surface area contributed by atoms with Crippen LogP contribution in [0.25, 0.3) is 21.6 Å². The highest BCUT2D eigenvalue weighted by atomic mass is 127. The van der Waals surface area contributed by atoms with Gasteiger partial charge in [0.15, 0.2) is 11.2 Å². The molecule has 116 valence electrons. The molecule has 0 aliphatic carbocycles. The van der Waals surface area contributed by atoms with Gasteiger partial charge in [-0.2, -0.15) is 0 Å². The Kier molecular flexibility index (Phi) is 3.68. The van der Waals surface area contributed by atoms with E-state index in [9.17, 15) is 14.7 Å². The van der Waals surface area contributed by atoms with Gasteiger partial charge < -0.3 is 9.84 Å². The maximum atomic E-state index is 11.7. The summed E-state index contributed by atoms with van der Waals surface area (Å²) in [5, 5.41) is 13.7. The lowest BCUT2D eigenvalue weighted by atomic mass is 10.1. The van der Waals surface area contributed by atoms with Gasteiger partial charge in [-0.1, -0.05) is 27.7 Å². The van der Waals surface area contributed by atoms with Crippen LogP contribution >= 0.6 is 22.6 Å². The number of nitrogens with one attached hydrogen (secondary N) is 2. The highest BCUT2D eigenvalue weighted by Crippen LogP contribution is 2.39. The van der Waals surface area contributed by atoms with Gasteiger partial charge in [-0.3, -0.25) is 19.3 Å². The molecule has 0 bridgehead atoms. The second-order valence-corrected chi connectivity index (χ2v) is 5.51. The van der Waals surface area contributed by atoms with Gasteiger partial charge in [0, 0.05) is 15.8 Å². The van der Waals surface area contributed by atoms with Gasteiger partial charge in [0.05, 0.1) is 12.4 Å². The molecule has 22 heavy (non-hydrogen) atoms. The largest absolute Gasteiger partial charge is 0.390 e. The predicted molar refractivity (Wildman–Crippen MR) is 82.5 cm³/mol. The minimum atomic E-state index is -1.39. The number of azide groups is 1.